The predicted octanol–water partition coefficient (Wildman–Crippen LogP) is 4.21. The third-order valence-electron chi connectivity index (χ3n) is 3.71. The summed E-state index contributed by atoms with van der Waals surface area (Å²) in [6, 6.07) is 6.40. The number of carbonyl (C=O) groups is 1. The van der Waals surface area contributed by atoms with E-state index in [0.29, 0.717) is 0 Å². The number of carbonyl (C=O) groups excluding carboxylic acids is 1. The standard InChI is InChI=1S/C16H23NO/c1-5-6-7-12-13-10-11(16(2,3)4)8-9-14(13)17-15(12)18/h8-10,12H,5-7H2,1-4H3,(H,17,18). The van der Waals surface area contributed by atoms with Crippen LogP contribution in [0.15, 0.2) is 18.2 Å². The first kappa shape index (κ1) is 13.1. The second-order valence-corrected chi connectivity index (χ2v) is 6.24. The normalized spacial score (nSPS) is 18.7. The van der Waals surface area contributed by atoms with Gasteiger partial charge in [-0.2, -0.15) is 0 Å². The lowest BCUT2D eigenvalue weighted by molar-refractivity contribution is -0.117. The summed E-state index contributed by atoms with van der Waals surface area (Å²) >= 11 is 0. The summed E-state index contributed by atoms with van der Waals surface area (Å²) in [7, 11) is 0. The topological polar surface area (TPSA) is 29.1 Å². The van der Waals surface area contributed by atoms with E-state index < -0.39 is 0 Å². The molecule has 1 amide bonds. The summed E-state index contributed by atoms with van der Waals surface area (Å²) < 4.78 is 0. The Labute approximate surface area is 110 Å². The molecule has 18 heavy (non-hydrogen) atoms. The Bertz CT molecular complexity index is 457. The highest BCUT2D eigenvalue weighted by Gasteiger charge is 2.30. The molecule has 1 N–H and O–H groups in total. The van der Waals surface area contributed by atoms with Crippen molar-refractivity contribution in [2.45, 2.75) is 58.3 Å². The molecule has 1 aromatic carbocycles. The Morgan fingerprint density at radius 3 is 2.61 bits per heavy atom. The fourth-order valence-electron chi connectivity index (χ4n) is 2.49. The van der Waals surface area contributed by atoms with Gasteiger partial charge in [-0.05, 0) is 29.0 Å². The molecule has 0 spiro atoms. The van der Waals surface area contributed by atoms with Gasteiger partial charge in [0, 0.05) is 5.69 Å². The van der Waals surface area contributed by atoms with Gasteiger partial charge in [-0.3, -0.25) is 4.79 Å². The maximum absolute atomic E-state index is 12.0. The smallest absolute Gasteiger partial charge is 0.232 e. The molecule has 0 radical (unpaired) electrons. The van der Waals surface area contributed by atoms with Crippen LogP contribution in [0.25, 0.3) is 0 Å². The number of hydrogen-bond acceptors (Lipinski definition) is 1. The zero-order valence-corrected chi connectivity index (χ0v) is 11.8. The third kappa shape index (κ3) is 2.43. The maximum atomic E-state index is 12.0. The number of unbranched alkanes of at least 4 members (excludes halogenated alkanes) is 1. The Morgan fingerprint density at radius 1 is 1.28 bits per heavy atom. The van der Waals surface area contributed by atoms with E-state index >= 15 is 0 Å². The second kappa shape index (κ2) is 4.75. The molecular weight excluding hydrogens is 222 g/mol. The number of rotatable bonds is 3. The van der Waals surface area contributed by atoms with Crippen molar-refractivity contribution in [3.8, 4) is 0 Å². The average molecular weight is 245 g/mol. The second-order valence-electron chi connectivity index (χ2n) is 6.24. The number of anilines is 1. The van der Waals surface area contributed by atoms with Crippen LogP contribution in [-0.2, 0) is 10.2 Å². The van der Waals surface area contributed by atoms with Gasteiger partial charge in [-0.15, -0.1) is 0 Å². The van der Waals surface area contributed by atoms with E-state index in [0.717, 1.165) is 24.9 Å². The number of amides is 1. The first-order valence-corrected chi connectivity index (χ1v) is 6.88. The van der Waals surface area contributed by atoms with E-state index in [1.165, 1.54) is 11.1 Å². The highest BCUT2D eigenvalue weighted by atomic mass is 16.2. The SMILES string of the molecule is CCCCC1C(=O)Nc2ccc(C(C)(C)C)cc21. The van der Waals surface area contributed by atoms with Crippen LogP contribution in [0.4, 0.5) is 5.69 Å². The van der Waals surface area contributed by atoms with E-state index in [2.05, 4.69) is 51.2 Å². The number of fused-ring (bicyclic) bond motifs is 1. The summed E-state index contributed by atoms with van der Waals surface area (Å²) in [6.07, 6.45) is 3.21. The molecule has 1 unspecified atom stereocenters. The van der Waals surface area contributed by atoms with Crippen LogP contribution in [0, 0.1) is 0 Å². The molecule has 0 saturated heterocycles. The molecule has 1 aromatic rings. The highest BCUT2D eigenvalue weighted by molar-refractivity contribution is 6.02. The molecule has 2 nitrogen and oxygen atoms in total. The van der Waals surface area contributed by atoms with Gasteiger partial charge in [-0.1, -0.05) is 52.7 Å². The summed E-state index contributed by atoms with van der Waals surface area (Å²) in [5.41, 5.74) is 3.64. The Balaban J connectivity index is 2.33. The molecule has 98 valence electrons. The number of benzene rings is 1. The van der Waals surface area contributed by atoms with Crippen molar-refractivity contribution in [2.75, 3.05) is 5.32 Å². The molecule has 0 saturated carbocycles. The quantitative estimate of drug-likeness (QED) is 0.849. The van der Waals surface area contributed by atoms with Crippen LogP contribution in [0.3, 0.4) is 0 Å². The van der Waals surface area contributed by atoms with Gasteiger partial charge in [-0.25, -0.2) is 0 Å². The lowest BCUT2D eigenvalue weighted by Gasteiger charge is -2.20. The fourth-order valence-corrected chi connectivity index (χ4v) is 2.49. The molecule has 1 atom stereocenters. The molecule has 2 heteroatoms. The summed E-state index contributed by atoms with van der Waals surface area (Å²) in [6.45, 7) is 8.79. The van der Waals surface area contributed by atoms with Crippen LogP contribution < -0.4 is 5.32 Å². The van der Waals surface area contributed by atoms with Crippen LogP contribution in [-0.4, -0.2) is 5.91 Å². The minimum absolute atomic E-state index is 0.0576. The zero-order chi connectivity index (χ0) is 13.3. The van der Waals surface area contributed by atoms with Gasteiger partial charge in [0.25, 0.3) is 0 Å². The van der Waals surface area contributed by atoms with Crippen molar-refractivity contribution in [1.82, 2.24) is 0 Å². The zero-order valence-electron chi connectivity index (χ0n) is 11.8. The molecule has 0 aliphatic carbocycles. The average Bonchev–Trinajstić information content (AvgIpc) is 2.60. The Hall–Kier alpha value is -1.31. The molecule has 0 fully saturated rings. The number of hydrogen-bond donors (Lipinski definition) is 1. The van der Waals surface area contributed by atoms with Crippen LogP contribution in [0.5, 0.6) is 0 Å². The molecule has 0 aromatic heterocycles. The maximum Gasteiger partial charge on any atom is 0.232 e. The lowest BCUT2D eigenvalue weighted by atomic mass is 9.84. The van der Waals surface area contributed by atoms with Crippen molar-refractivity contribution in [1.29, 1.82) is 0 Å². The van der Waals surface area contributed by atoms with Gasteiger partial charge < -0.3 is 5.32 Å². The molecular formula is C16H23NO. The minimum atomic E-state index is 0.0576. The predicted molar refractivity (Wildman–Crippen MR) is 76.0 cm³/mol. The largest absolute Gasteiger partial charge is 0.325 e. The number of nitrogens with one attached hydrogen (secondary N) is 1. The molecule has 1 aliphatic rings. The summed E-state index contributed by atoms with van der Waals surface area (Å²) in [4.78, 5) is 12.0. The fraction of sp³-hybridized carbons (Fsp3) is 0.562. The van der Waals surface area contributed by atoms with Gasteiger partial charge in [0.05, 0.1) is 5.92 Å². The van der Waals surface area contributed by atoms with E-state index in [-0.39, 0.29) is 17.2 Å². The van der Waals surface area contributed by atoms with E-state index in [1.807, 2.05) is 0 Å². The first-order valence-electron chi connectivity index (χ1n) is 6.88. The van der Waals surface area contributed by atoms with E-state index in [1.54, 1.807) is 0 Å². The molecule has 1 heterocycles. The highest BCUT2D eigenvalue weighted by Crippen LogP contribution is 2.38. The van der Waals surface area contributed by atoms with Crippen LogP contribution >= 0.6 is 0 Å². The first-order chi connectivity index (χ1) is 8.43. The van der Waals surface area contributed by atoms with Crippen LogP contribution in [0.2, 0.25) is 0 Å². The third-order valence-corrected chi connectivity index (χ3v) is 3.71. The van der Waals surface area contributed by atoms with Gasteiger partial charge in [0.1, 0.15) is 0 Å². The van der Waals surface area contributed by atoms with Gasteiger partial charge in [0.15, 0.2) is 0 Å². The minimum Gasteiger partial charge on any atom is -0.325 e. The van der Waals surface area contributed by atoms with Crippen molar-refractivity contribution >= 4 is 11.6 Å². The van der Waals surface area contributed by atoms with E-state index in [9.17, 15) is 4.79 Å². The van der Waals surface area contributed by atoms with Crippen molar-refractivity contribution < 1.29 is 4.79 Å². The summed E-state index contributed by atoms with van der Waals surface area (Å²) in [5.74, 6) is 0.228. The van der Waals surface area contributed by atoms with Crippen molar-refractivity contribution in [3.05, 3.63) is 29.3 Å². The lowest BCUT2D eigenvalue weighted by Crippen LogP contribution is -2.13. The van der Waals surface area contributed by atoms with Crippen LogP contribution in [0.1, 0.15) is 64.0 Å². The Kier molecular flexibility index (Phi) is 3.47. The van der Waals surface area contributed by atoms with Gasteiger partial charge in [0.2, 0.25) is 5.91 Å². The monoisotopic (exact) mass is 245 g/mol. The summed E-state index contributed by atoms with van der Waals surface area (Å²) in [5, 5.41) is 3.00. The van der Waals surface area contributed by atoms with Crippen molar-refractivity contribution in [3.63, 3.8) is 0 Å². The molecule has 0 bridgehead atoms. The molecule has 2 rings (SSSR count). The molecule has 1 aliphatic heterocycles. The van der Waals surface area contributed by atoms with Gasteiger partial charge >= 0.3 is 0 Å². The Morgan fingerprint density at radius 2 is 2.00 bits per heavy atom. The van der Waals surface area contributed by atoms with E-state index in [4.69, 9.17) is 0 Å². The van der Waals surface area contributed by atoms with Crippen molar-refractivity contribution in [2.24, 2.45) is 0 Å².